The Kier molecular flexibility index (Phi) is 2.98. The average molecular weight is 244 g/mol. The number of hydrogen-bond acceptors (Lipinski definition) is 1. The maximum absolute atomic E-state index is 11.7. The molecule has 1 aliphatic carbocycles. The van der Waals surface area contributed by atoms with Gasteiger partial charge in [-0.15, -0.1) is 0 Å². The summed E-state index contributed by atoms with van der Waals surface area (Å²) in [5, 5.41) is 6.16. The van der Waals surface area contributed by atoms with Gasteiger partial charge in [-0.2, -0.15) is 0 Å². The molecule has 1 aliphatic heterocycles. The number of carbonyl (C=O) groups is 1. The van der Waals surface area contributed by atoms with Gasteiger partial charge in [-0.25, -0.2) is 4.79 Å². The lowest BCUT2D eigenvalue weighted by Gasteiger charge is -2.39. The second-order valence-electron chi connectivity index (χ2n) is 5.48. The minimum Gasteiger partial charge on any atom is -0.335 e. The average Bonchev–Trinajstić information content (AvgIpc) is 2.84. The quantitative estimate of drug-likeness (QED) is 0.825. The molecule has 1 saturated carbocycles. The van der Waals surface area contributed by atoms with Gasteiger partial charge in [0.15, 0.2) is 0 Å². The van der Waals surface area contributed by atoms with Crippen molar-refractivity contribution in [2.75, 3.05) is 6.54 Å². The third-order valence-corrected chi connectivity index (χ3v) is 4.46. The van der Waals surface area contributed by atoms with E-state index in [1.165, 1.54) is 37.7 Å². The fourth-order valence-corrected chi connectivity index (χ4v) is 3.50. The van der Waals surface area contributed by atoms with Gasteiger partial charge in [0.2, 0.25) is 0 Å². The van der Waals surface area contributed by atoms with Gasteiger partial charge in [0.05, 0.1) is 5.54 Å². The number of rotatable bonds is 2. The molecule has 0 radical (unpaired) electrons. The minimum absolute atomic E-state index is 0.0237. The molecule has 2 fully saturated rings. The van der Waals surface area contributed by atoms with E-state index in [0.29, 0.717) is 5.92 Å². The summed E-state index contributed by atoms with van der Waals surface area (Å²) in [6, 6.07) is 10.4. The summed E-state index contributed by atoms with van der Waals surface area (Å²) in [5.41, 5.74) is 1.06. The number of benzene rings is 1. The zero-order chi connectivity index (χ0) is 12.4. The summed E-state index contributed by atoms with van der Waals surface area (Å²) in [5.74, 6) is 0.563. The molecule has 1 aromatic carbocycles. The van der Waals surface area contributed by atoms with Crippen LogP contribution in [0, 0.1) is 5.92 Å². The SMILES string of the molecule is O=C1NCC(c2ccccc2)(C2CCCCC2)N1. The van der Waals surface area contributed by atoms with Crippen LogP contribution in [-0.2, 0) is 5.54 Å². The summed E-state index contributed by atoms with van der Waals surface area (Å²) in [6.45, 7) is 0.723. The largest absolute Gasteiger partial charge is 0.335 e. The molecule has 0 bridgehead atoms. The third kappa shape index (κ3) is 1.88. The Balaban J connectivity index is 1.96. The van der Waals surface area contributed by atoms with E-state index in [1.54, 1.807) is 0 Å². The fourth-order valence-electron chi connectivity index (χ4n) is 3.50. The zero-order valence-corrected chi connectivity index (χ0v) is 10.6. The molecular formula is C15H20N2O. The highest BCUT2D eigenvalue weighted by molar-refractivity contribution is 5.78. The smallest absolute Gasteiger partial charge is 0.315 e. The number of urea groups is 1. The van der Waals surface area contributed by atoms with Crippen molar-refractivity contribution >= 4 is 6.03 Å². The Bertz CT molecular complexity index is 425. The van der Waals surface area contributed by atoms with Crippen LogP contribution in [0.5, 0.6) is 0 Å². The molecule has 1 atom stereocenters. The van der Waals surface area contributed by atoms with E-state index >= 15 is 0 Å². The molecule has 1 unspecified atom stereocenters. The first kappa shape index (κ1) is 11.6. The summed E-state index contributed by atoms with van der Waals surface area (Å²) in [6.07, 6.45) is 6.35. The number of carbonyl (C=O) groups excluding carboxylic acids is 1. The van der Waals surface area contributed by atoms with Crippen molar-refractivity contribution in [3.8, 4) is 0 Å². The summed E-state index contributed by atoms with van der Waals surface area (Å²) in [4.78, 5) is 11.7. The van der Waals surface area contributed by atoms with Gasteiger partial charge in [-0.3, -0.25) is 0 Å². The van der Waals surface area contributed by atoms with Crippen LogP contribution in [0.4, 0.5) is 4.79 Å². The number of hydrogen-bond donors (Lipinski definition) is 2. The molecule has 2 amide bonds. The van der Waals surface area contributed by atoms with Crippen LogP contribution in [0.15, 0.2) is 30.3 Å². The lowest BCUT2D eigenvalue weighted by atomic mass is 9.71. The maximum atomic E-state index is 11.7. The second-order valence-corrected chi connectivity index (χ2v) is 5.48. The van der Waals surface area contributed by atoms with Gasteiger partial charge in [-0.1, -0.05) is 49.6 Å². The first-order valence-corrected chi connectivity index (χ1v) is 6.93. The number of amides is 2. The Hall–Kier alpha value is -1.51. The molecular weight excluding hydrogens is 224 g/mol. The zero-order valence-electron chi connectivity index (χ0n) is 10.6. The van der Waals surface area contributed by atoms with Gasteiger partial charge in [-0.05, 0) is 24.3 Å². The van der Waals surface area contributed by atoms with E-state index in [9.17, 15) is 4.79 Å². The molecule has 3 nitrogen and oxygen atoms in total. The van der Waals surface area contributed by atoms with Gasteiger partial charge < -0.3 is 10.6 Å². The fraction of sp³-hybridized carbons (Fsp3) is 0.533. The van der Waals surface area contributed by atoms with Crippen molar-refractivity contribution in [1.29, 1.82) is 0 Å². The van der Waals surface area contributed by atoms with Gasteiger partial charge in [0.1, 0.15) is 0 Å². The van der Waals surface area contributed by atoms with Crippen LogP contribution in [0.2, 0.25) is 0 Å². The van der Waals surface area contributed by atoms with Crippen LogP contribution < -0.4 is 10.6 Å². The van der Waals surface area contributed by atoms with Crippen molar-refractivity contribution in [2.45, 2.75) is 37.6 Å². The molecule has 1 heterocycles. The van der Waals surface area contributed by atoms with E-state index < -0.39 is 0 Å². The summed E-state index contributed by atoms with van der Waals surface area (Å²) in [7, 11) is 0. The molecule has 2 N–H and O–H groups in total. The molecule has 1 aromatic rings. The van der Waals surface area contributed by atoms with Crippen LogP contribution in [0.25, 0.3) is 0 Å². The van der Waals surface area contributed by atoms with Crippen LogP contribution in [0.3, 0.4) is 0 Å². The normalized spacial score (nSPS) is 28.8. The highest BCUT2D eigenvalue weighted by Gasteiger charge is 2.45. The van der Waals surface area contributed by atoms with E-state index in [0.717, 1.165) is 6.54 Å². The molecule has 96 valence electrons. The lowest BCUT2D eigenvalue weighted by molar-refractivity contribution is 0.191. The lowest BCUT2D eigenvalue weighted by Crippen LogP contribution is -2.48. The standard InChI is InChI=1S/C15H20N2O/c18-14-16-11-15(17-14,12-7-3-1-4-8-12)13-9-5-2-6-10-13/h1,3-4,7-8,13H,2,5-6,9-11H2,(H2,16,17,18). The monoisotopic (exact) mass is 244 g/mol. The van der Waals surface area contributed by atoms with Gasteiger partial charge in [0, 0.05) is 6.54 Å². The highest BCUT2D eigenvalue weighted by Crippen LogP contribution is 2.40. The molecule has 1 saturated heterocycles. The van der Waals surface area contributed by atoms with Crippen molar-refractivity contribution in [3.05, 3.63) is 35.9 Å². The topological polar surface area (TPSA) is 41.1 Å². The predicted octanol–water partition coefficient (Wildman–Crippen LogP) is 2.78. The summed E-state index contributed by atoms with van der Waals surface area (Å²) < 4.78 is 0. The maximum Gasteiger partial charge on any atom is 0.315 e. The molecule has 0 spiro atoms. The van der Waals surface area contributed by atoms with Gasteiger partial charge >= 0.3 is 6.03 Å². The third-order valence-electron chi connectivity index (χ3n) is 4.46. The Morgan fingerprint density at radius 1 is 1.06 bits per heavy atom. The molecule has 2 aliphatic rings. The molecule has 3 heteroatoms. The summed E-state index contributed by atoms with van der Waals surface area (Å²) >= 11 is 0. The Morgan fingerprint density at radius 3 is 2.39 bits per heavy atom. The van der Waals surface area contributed by atoms with Crippen LogP contribution in [-0.4, -0.2) is 12.6 Å². The van der Waals surface area contributed by atoms with Crippen LogP contribution >= 0.6 is 0 Å². The van der Waals surface area contributed by atoms with E-state index in [-0.39, 0.29) is 11.6 Å². The second kappa shape index (κ2) is 4.63. The molecule has 18 heavy (non-hydrogen) atoms. The van der Waals surface area contributed by atoms with Gasteiger partial charge in [0.25, 0.3) is 0 Å². The number of nitrogens with one attached hydrogen (secondary N) is 2. The van der Waals surface area contributed by atoms with E-state index in [4.69, 9.17) is 0 Å². The van der Waals surface area contributed by atoms with Crippen molar-refractivity contribution in [2.24, 2.45) is 5.92 Å². The van der Waals surface area contributed by atoms with Crippen molar-refractivity contribution < 1.29 is 4.79 Å². The Labute approximate surface area is 108 Å². The minimum atomic E-state index is -0.182. The van der Waals surface area contributed by atoms with E-state index in [1.807, 2.05) is 6.07 Å². The van der Waals surface area contributed by atoms with Crippen molar-refractivity contribution in [3.63, 3.8) is 0 Å². The molecule has 3 rings (SSSR count). The van der Waals surface area contributed by atoms with Crippen LogP contribution in [0.1, 0.15) is 37.7 Å². The van der Waals surface area contributed by atoms with Crippen molar-refractivity contribution in [1.82, 2.24) is 10.6 Å². The first-order valence-electron chi connectivity index (χ1n) is 6.93. The van der Waals surface area contributed by atoms with E-state index in [2.05, 4.69) is 34.9 Å². The highest BCUT2D eigenvalue weighted by atomic mass is 16.2. The Morgan fingerprint density at radius 2 is 1.78 bits per heavy atom. The molecule has 0 aromatic heterocycles. The predicted molar refractivity (Wildman–Crippen MR) is 71.2 cm³/mol. The first-order chi connectivity index (χ1) is 8.81.